The number of methoxy groups -OCH3 is 2. The average Bonchev–Trinajstić information content (AvgIpc) is 3.66. The zero-order valence-electron chi connectivity index (χ0n) is 26.2. The third-order valence-corrected chi connectivity index (χ3v) is 8.77. The zero-order valence-corrected chi connectivity index (χ0v) is 26.2. The molecule has 2 N–H and O–H groups in total. The van der Waals surface area contributed by atoms with Crippen LogP contribution in [-0.2, 0) is 33.6 Å². The van der Waals surface area contributed by atoms with E-state index in [1.165, 1.54) is 19.2 Å². The fourth-order valence-corrected chi connectivity index (χ4v) is 6.60. The van der Waals surface area contributed by atoms with Gasteiger partial charge >= 0.3 is 5.97 Å². The van der Waals surface area contributed by atoms with E-state index in [2.05, 4.69) is 5.32 Å². The summed E-state index contributed by atoms with van der Waals surface area (Å²) in [4.78, 5) is 28.7. The van der Waals surface area contributed by atoms with E-state index in [9.17, 15) is 19.1 Å². The largest absolute Gasteiger partial charge is 0.493 e. The van der Waals surface area contributed by atoms with Crippen molar-refractivity contribution in [1.82, 2.24) is 4.90 Å². The molecule has 3 atom stereocenters. The lowest BCUT2D eigenvalue weighted by Crippen LogP contribution is -2.35. The van der Waals surface area contributed by atoms with E-state index in [0.717, 1.165) is 40.7 Å². The molecule has 45 heavy (non-hydrogen) atoms. The van der Waals surface area contributed by atoms with Crippen LogP contribution in [0.4, 0.5) is 10.1 Å². The van der Waals surface area contributed by atoms with Gasteiger partial charge in [-0.15, -0.1) is 0 Å². The van der Waals surface area contributed by atoms with Gasteiger partial charge in [0.2, 0.25) is 18.4 Å². The van der Waals surface area contributed by atoms with Crippen LogP contribution in [0, 0.1) is 11.7 Å². The minimum absolute atomic E-state index is 0.0497. The normalized spacial score (nSPS) is 19.1. The monoisotopic (exact) mass is 620 g/mol. The van der Waals surface area contributed by atoms with Gasteiger partial charge in [-0.3, -0.25) is 14.5 Å². The fraction of sp³-hybridized carbons (Fsp3) is 0.429. The summed E-state index contributed by atoms with van der Waals surface area (Å²) in [6.45, 7) is 4.80. The van der Waals surface area contributed by atoms with Crippen LogP contribution in [0.5, 0.6) is 17.2 Å². The number of amides is 1. The highest BCUT2D eigenvalue weighted by atomic mass is 19.1. The Morgan fingerprint density at radius 1 is 1.02 bits per heavy atom. The molecule has 2 heterocycles. The van der Waals surface area contributed by atoms with E-state index in [1.54, 1.807) is 13.2 Å². The van der Waals surface area contributed by atoms with E-state index in [4.69, 9.17) is 18.9 Å². The number of nitrogens with one attached hydrogen (secondary N) is 1. The van der Waals surface area contributed by atoms with Gasteiger partial charge in [-0.1, -0.05) is 38.1 Å². The summed E-state index contributed by atoms with van der Waals surface area (Å²) in [5.41, 5.74) is 4.72. The first-order chi connectivity index (χ1) is 21.8. The summed E-state index contributed by atoms with van der Waals surface area (Å²) < 4.78 is 36.2. The molecule has 2 aliphatic heterocycles. The van der Waals surface area contributed by atoms with Crippen LogP contribution in [0.3, 0.4) is 0 Å². The first-order valence-electron chi connectivity index (χ1n) is 15.4. The van der Waals surface area contributed by atoms with Gasteiger partial charge in [-0.2, -0.15) is 0 Å². The number of carboxylic acid groups (broad SMARTS) is 1. The number of aliphatic carboxylic acids is 1. The molecule has 0 aromatic heterocycles. The Bertz CT molecular complexity index is 1500. The second-order valence-electron chi connectivity index (χ2n) is 11.5. The Hall–Kier alpha value is -4.15. The summed E-state index contributed by atoms with van der Waals surface area (Å²) in [5.74, 6) is -1.49. The summed E-state index contributed by atoms with van der Waals surface area (Å²) in [6.07, 6.45) is 2.82. The van der Waals surface area contributed by atoms with Gasteiger partial charge in [-0.25, -0.2) is 4.39 Å². The van der Waals surface area contributed by atoms with Crippen molar-refractivity contribution in [2.24, 2.45) is 5.92 Å². The van der Waals surface area contributed by atoms with Gasteiger partial charge in [0, 0.05) is 37.9 Å². The number of halogens is 1. The number of hydrogen-bond donors (Lipinski definition) is 2. The van der Waals surface area contributed by atoms with Crippen molar-refractivity contribution in [3.8, 4) is 17.2 Å². The number of benzene rings is 3. The number of carboxylic acids is 1. The number of anilines is 1. The second kappa shape index (κ2) is 14.3. The number of aryl methyl sites for hydroxylation is 3. The Morgan fingerprint density at radius 2 is 1.73 bits per heavy atom. The van der Waals surface area contributed by atoms with Crippen molar-refractivity contribution in [2.45, 2.75) is 51.5 Å². The molecule has 0 spiro atoms. The van der Waals surface area contributed by atoms with E-state index >= 15 is 0 Å². The smallest absolute Gasteiger partial charge is 0.309 e. The number of hydrogen-bond acceptors (Lipinski definition) is 7. The predicted molar refractivity (Wildman–Crippen MR) is 168 cm³/mol. The lowest BCUT2D eigenvalue weighted by Gasteiger charge is -2.27. The van der Waals surface area contributed by atoms with Crippen molar-refractivity contribution in [3.05, 3.63) is 82.2 Å². The van der Waals surface area contributed by atoms with Crippen LogP contribution in [-0.4, -0.2) is 62.6 Å². The predicted octanol–water partition coefficient (Wildman–Crippen LogP) is 5.75. The van der Waals surface area contributed by atoms with E-state index in [1.807, 2.05) is 49.1 Å². The zero-order chi connectivity index (χ0) is 32.1. The minimum atomic E-state index is -0.964. The molecule has 2 aliphatic rings. The van der Waals surface area contributed by atoms with Gasteiger partial charge in [0.25, 0.3) is 0 Å². The number of rotatable bonds is 13. The molecule has 5 rings (SSSR count). The van der Waals surface area contributed by atoms with Gasteiger partial charge in [-0.05, 0) is 77.8 Å². The second-order valence-corrected chi connectivity index (χ2v) is 11.5. The van der Waals surface area contributed by atoms with Crippen molar-refractivity contribution < 1.29 is 38.0 Å². The summed E-state index contributed by atoms with van der Waals surface area (Å²) in [5, 5.41) is 13.7. The third-order valence-electron chi connectivity index (χ3n) is 8.77. The quantitative estimate of drug-likeness (QED) is 0.233. The van der Waals surface area contributed by atoms with Crippen LogP contribution in [0.15, 0.2) is 48.5 Å². The van der Waals surface area contributed by atoms with Crippen LogP contribution >= 0.6 is 0 Å². The van der Waals surface area contributed by atoms with Crippen molar-refractivity contribution >= 4 is 17.6 Å². The first kappa shape index (κ1) is 32.2. The highest BCUT2D eigenvalue weighted by Crippen LogP contribution is 2.50. The number of nitrogens with zero attached hydrogens (tertiary/aromatic N) is 1. The van der Waals surface area contributed by atoms with Gasteiger partial charge in [0.05, 0.1) is 19.6 Å². The first-order valence-corrected chi connectivity index (χ1v) is 15.4. The Balaban J connectivity index is 1.50. The molecule has 0 aliphatic carbocycles. The number of carbonyl (C=O) groups excluding carboxylic acids is 1. The fourth-order valence-electron chi connectivity index (χ4n) is 6.60. The molecule has 1 saturated heterocycles. The van der Waals surface area contributed by atoms with Gasteiger partial charge < -0.3 is 29.4 Å². The molecule has 3 aromatic carbocycles. The van der Waals surface area contributed by atoms with Crippen LogP contribution in [0.1, 0.15) is 60.0 Å². The molecule has 240 valence electrons. The molecule has 9 nitrogen and oxygen atoms in total. The number of ether oxygens (including phenoxy) is 4. The summed E-state index contributed by atoms with van der Waals surface area (Å²) in [7, 11) is 3.21. The Labute approximate surface area is 263 Å². The lowest BCUT2D eigenvalue weighted by atomic mass is 9.82. The maximum absolute atomic E-state index is 14.3. The molecule has 0 radical (unpaired) electrons. The van der Waals surface area contributed by atoms with Crippen molar-refractivity contribution in [2.75, 3.05) is 46.0 Å². The topological polar surface area (TPSA) is 107 Å². The molecule has 1 unspecified atom stereocenters. The SMILES string of the molecule is CCc1cc(F)cc(CC)c1NC(=O)CN1C[C@H](c2cc(OC)c3c(c2)OCO3)C(C(=O)O)[C@@H]1c1ccc(CCCOC)cc1. The maximum Gasteiger partial charge on any atom is 0.309 e. The summed E-state index contributed by atoms with van der Waals surface area (Å²) in [6, 6.07) is 13.9. The molecule has 0 saturated carbocycles. The molecule has 1 amide bonds. The summed E-state index contributed by atoms with van der Waals surface area (Å²) >= 11 is 0. The maximum atomic E-state index is 14.3. The minimum Gasteiger partial charge on any atom is -0.493 e. The standard InChI is InChI=1S/C35H41FN2O7/c1-5-22-14-26(36)15-23(6-2)32(22)37-30(39)19-38-18-27(25-16-28(43-4)34-29(17-25)44-20-45-34)31(35(40)41)33(38)24-11-9-21(10-12-24)8-7-13-42-3/h9-12,14-17,27,31,33H,5-8,13,18-20H2,1-4H3,(H,37,39)(H,40,41)/t27-,31?,33+/m1/s1. The van der Waals surface area contributed by atoms with Crippen LogP contribution < -0.4 is 19.5 Å². The highest BCUT2D eigenvalue weighted by molar-refractivity contribution is 5.94. The van der Waals surface area contributed by atoms with Gasteiger partial charge in [0.15, 0.2) is 11.5 Å². The molecule has 1 fully saturated rings. The van der Waals surface area contributed by atoms with Gasteiger partial charge in [0.1, 0.15) is 5.82 Å². The number of likely N-dealkylation sites (tertiary alicyclic amines) is 1. The number of fused-ring (bicyclic) bond motifs is 1. The Kier molecular flexibility index (Phi) is 10.2. The average molecular weight is 621 g/mol. The van der Waals surface area contributed by atoms with Crippen LogP contribution in [0.25, 0.3) is 0 Å². The molecule has 3 aromatic rings. The highest BCUT2D eigenvalue weighted by Gasteiger charge is 2.48. The molecular formula is C35H41FN2O7. The molecular weight excluding hydrogens is 579 g/mol. The van der Waals surface area contributed by atoms with E-state index in [-0.39, 0.29) is 25.1 Å². The Morgan fingerprint density at radius 3 is 2.36 bits per heavy atom. The van der Waals surface area contributed by atoms with E-state index < -0.39 is 23.8 Å². The molecule has 10 heteroatoms. The van der Waals surface area contributed by atoms with Crippen LogP contribution in [0.2, 0.25) is 0 Å². The third kappa shape index (κ3) is 6.92. The lowest BCUT2D eigenvalue weighted by molar-refractivity contribution is -0.143. The molecule has 0 bridgehead atoms. The van der Waals surface area contributed by atoms with Crippen molar-refractivity contribution in [1.29, 1.82) is 0 Å². The van der Waals surface area contributed by atoms with E-state index in [0.29, 0.717) is 48.9 Å². The number of carbonyl (C=O) groups is 2. The van der Waals surface area contributed by atoms with Crippen molar-refractivity contribution in [3.63, 3.8) is 0 Å².